The number of aromatic nitrogens is 3. The maximum absolute atomic E-state index is 13.6. The number of primary amides is 1. The number of amides is 1. The molecular weight excluding hydrogens is 392 g/mol. The van der Waals surface area contributed by atoms with E-state index in [2.05, 4.69) is 10.1 Å². The fourth-order valence-electron chi connectivity index (χ4n) is 2.41. The highest BCUT2D eigenvalue weighted by molar-refractivity contribution is 5.99. The molecule has 27 heavy (non-hydrogen) atoms. The van der Waals surface area contributed by atoms with Gasteiger partial charge in [0.05, 0.1) is 16.6 Å². The summed E-state index contributed by atoms with van der Waals surface area (Å²) in [6, 6.07) is 1.27. The van der Waals surface area contributed by atoms with Crippen LogP contribution < -0.4 is 5.73 Å². The van der Waals surface area contributed by atoms with E-state index >= 15 is 0 Å². The molecular formula is C14H6F8N4O. The first-order valence-electron chi connectivity index (χ1n) is 6.88. The number of fused-ring (bicyclic) bond motifs is 3. The first-order chi connectivity index (χ1) is 12.2. The van der Waals surface area contributed by atoms with Gasteiger partial charge in [0.2, 0.25) is 0 Å². The first-order valence-corrected chi connectivity index (χ1v) is 6.88. The van der Waals surface area contributed by atoms with Gasteiger partial charge in [-0.1, -0.05) is 0 Å². The predicted octanol–water partition coefficient (Wildman–Crippen LogP) is 3.65. The Morgan fingerprint density at radius 1 is 1.04 bits per heavy atom. The summed E-state index contributed by atoms with van der Waals surface area (Å²) >= 11 is 0. The van der Waals surface area contributed by atoms with Crippen molar-refractivity contribution < 1.29 is 39.9 Å². The van der Waals surface area contributed by atoms with Gasteiger partial charge in [0.25, 0.3) is 5.91 Å². The number of hydrogen-bond donors (Lipinski definition) is 1. The molecule has 0 aliphatic rings. The molecule has 0 radical (unpaired) electrons. The summed E-state index contributed by atoms with van der Waals surface area (Å²) in [5, 5.41) is 2.86. The molecule has 2 N–H and O–H groups in total. The molecule has 0 unspecified atom stereocenters. The number of carbonyl (C=O) groups is 1. The van der Waals surface area contributed by atoms with Crippen LogP contribution in [0.15, 0.2) is 24.4 Å². The number of rotatable bonds is 2. The minimum Gasteiger partial charge on any atom is -0.364 e. The maximum atomic E-state index is 13.6. The second-order valence-electron chi connectivity index (χ2n) is 5.43. The van der Waals surface area contributed by atoms with Gasteiger partial charge in [-0.15, -0.1) is 0 Å². The second kappa shape index (κ2) is 5.50. The summed E-state index contributed by atoms with van der Waals surface area (Å²) in [6.45, 7) is 0. The number of hydrogen-bond acceptors (Lipinski definition) is 3. The van der Waals surface area contributed by atoms with Crippen LogP contribution in [0.5, 0.6) is 0 Å². The molecule has 0 saturated carbocycles. The van der Waals surface area contributed by atoms with E-state index in [1.807, 2.05) is 0 Å². The SMILES string of the molecule is NC(=O)c1cc2c3nc(C(F)(F)C(F)(F)F)cc(C(F)(F)F)c3ccn2n1. The molecule has 0 aromatic carbocycles. The van der Waals surface area contributed by atoms with Crippen LogP contribution in [0.3, 0.4) is 0 Å². The average Bonchev–Trinajstić information content (AvgIpc) is 2.96. The average molecular weight is 398 g/mol. The molecule has 0 aliphatic heterocycles. The van der Waals surface area contributed by atoms with Crippen LogP contribution >= 0.6 is 0 Å². The Bertz CT molecular complexity index is 1070. The van der Waals surface area contributed by atoms with Crippen molar-refractivity contribution in [2.75, 3.05) is 0 Å². The fourth-order valence-corrected chi connectivity index (χ4v) is 2.41. The number of pyridine rings is 2. The zero-order valence-corrected chi connectivity index (χ0v) is 12.7. The molecule has 3 aromatic rings. The van der Waals surface area contributed by atoms with E-state index in [9.17, 15) is 39.9 Å². The second-order valence-corrected chi connectivity index (χ2v) is 5.43. The topological polar surface area (TPSA) is 73.3 Å². The van der Waals surface area contributed by atoms with Crippen LogP contribution in [0.25, 0.3) is 16.4 Å². The lowest BCUT2D eigenvalue weighted by molar-refractivity contribution is -0.291. The zero-order valence-electron chi connectivity index (χ0n) is 12.7. The van der Waals surface area contributed by atoms with Crippen LogP contribution in [-0.4, -0.2) is 26.7 Å². The summed E-state index contributed by atoms with van der Waals surface area (Å²) in [7, 11) is 0. The van der Waals surface area contributed by atoms with Gasteiger partial charge in [0.15, 0.2) is 5.69 Å². The third-order valence-corrected chi connectivity index (χ3v) is 3.65. The van der Waals surface area contributed by atoms with Gasteiger partial charge in [-0.05, 0) is 18.2 Å². The van der Waals surface area contributed by atoms with Crippen LogP contribution in [0, 0.1) is 0 Å². The van der Waals surface area contributed by atoms with E-state index in [-0.39, 0.29) is 6.07 Å². The van der Waals surface area contributed by atoms with Gasteiger partial charge < -0.3 is 5.73 Å². The predicted molar refractivity (Wildman–Crippen MR) is 74.0 cm³/mol. The molecule has 13 heteroatoms. The van der Waals surface area contributed by atoms with Gasteiger partial charge >= 0.3 is 18.3 Å². The number of carbonyl (C=O) groups excluding carboxylic acids is 1. The quantitative estimate of drug-likeness (QED) is 0.670. The number of nitrogens with zero attached hydrogens (tertiary/aromatic N) is 3. The molecule has 3 heterocycles. The van der Waals surface area contributed by atoms with Crippen molar-refractivity contribution >= 4 is 22.3 Å². The van der Waals surface area contributed by atoms with Crippen molar-refractivity contribution in [2.45, 2.75) is 18.3 Å². The van der Waals surface area contributed by atoms with Gasteiger partial charge in [-0.2, -0.15) is 40.2 Å². The zero-order chi connectivity index (χ0) is 20.4. The van der Waals surface area contributed by atoms with E-state index in [1.165, 1.54) is 0 Å². The molecule has 0 fully saturated rings. The lowest BCUT2D eigenvalue weighted by atomic mass is 10.0. The Kier molecular flexibility index (Phi) is 3.83. The maximum Gasteiger partial charge on any atom is 0.459 e. The molecule has 1 amide bonds. The largest absolute Gasteiger partial charge is 0.459 e. The first kappa shape index (κ1) is 18.8. The summed E-state index contributed by atoms with van der Waals surface area (Å²) < 4.78 is 106. The Morgan fingerprint density at radius 3 is 2.19 bits per heavy atom. The van der Waals surface area contributed by atoms with Gasteiger partial charge in [-0.25, -0.2) is 9.50 Å². The number of alkyl halides is 8. The monoisotopic (exact) mass is 398 g/mol. The molecule has 0 saturated heterocycles. The van der Waals surface area contributed by atoms with Crippen LogP contribution in [-0.2, 0) is 12.1 Å². The molecule has 5 nitrogen and oxygen atoms in total. The van der Waals surface area contributed by atoms with Crippen molar-refractivity contribution in [1.82, 2.24) is 14.6 Å². The molecule has 3 aromatic heterocycles. The van der Waals surface area contributed by atoms with Crippen molar-refractivity contribution in [1.29, 1.82) is 0 Å². The van der Waals surface area contributed by atoms with E-state index in [0.29, 0.717) is 0 Å². The number of nitrogens with two attached hydrogens (primary N) is 1. The number of halogens is 8. The Hall–Kier alpha value is -2.99. The van der Waals surface area contributed by atoms with Crippen molar-refractivity contribution in [3.05, 3.63) is 41.3 Å². The summed E-state index contributed by atoms with van der Waals surface area (Å²) in [4.78, 5) is 14.3. The molecule has 144 valence electrons. The molecule has 0 aliphatic carbocycles. The third kappa shape index (κ3) is 2.92. The Morgan fingerprint density at radius 2 is 1.67 bits per heavy atom. The van der Waals surface area contributed by atoms with E-state index in [0.717, 1.165) is 22.8 Å². The molecule has 3 rings (SSSR count). The summed E-state index contributed by atoms with van der Waals surface area (Å²) in [6.07, 6.45) is -10.5. The Labute approximate surface area is 143 Å². The van der Waals surface area contributed by atoms with E-state index < -0.39 is 57.6 Å². The smallest absolute Gasteiger partial charge is 0.364 e. The molecule has 0 atom stereocenters. The van der Waals surface area contributed by atoms with Crippen LogP contribution in [0.2, 0.25) is 0 Å². The van der Waals surface area contributed by atoms with Crippen molar-refractivity contribution in [2.24, 2.45) is 5.73 Å². The van der Waals surface area contributed by atoms with Crippen molar-refractivity contribution in [3.8, 4) is 0 Å². The summed E-state index contributed by atoms with van der Waals surface area (Å²) in [5.41, 5.74) is -0.559. The van der Waals surface area contributed by atoms with Crippen molar-refractivity contribution in [3.63, 3.8) is 0 Å². The minimum atomic E-state index is -6.17. The van der Waals surface area contributed by atoms with Crippen LogP contribution in [0.1, 0.15) is 21.7 Å². The van der Waals surface area contributed by atoms with Crippen LogP contribution in [0.4, 0.5) is 35.1 Å². The standard InChI is InChI=1S/C14H6F8N4O/c15-12(16,14(20,21)22)9-3-6(13(17,18)19)5-1-2-26-8(10(5)24-9)4-7(25-26)11(23)27/h1-4H,(H2,23,27). The summed E-state index contributed by atoms with van der Waals surface area (Å²) in [5.74, 6) is -6.72. The Balaban J connectivity index is 2.46. The highest BCUT2D eigenvalue weighted by atomic mass is 19.4. The van der Waals surface area contributed by atoms with E-state index in [1.54, 1.807) is 0 Å². The lowest BCUT2D eigenvalue weighted by Gasteiger charge is -2.21. The molecule has 0 spiro atoms. The van der Waals surface area contributed by atoms with Gasteiger partial charge in [-0.3, -0.25) is 4.79 Å². The third-order valence-electron chi connectivity index (χ3n) is 3.65. The van der Waals surface area contributed by atoms with Gasteiger partial charge in [0, 0.05) is 11.6 Å². The highest BCUT2D eigenvalue weighted by Crippen LogP contribution is 2.45. The lowest BCUT2D eigenvalue weighted by Crippen LogP contribution is -2.35. The highest BCUT2D eigenvalue weighted by Gasteiger charge is 2.60. The minimum absolute atomic E-state index is 0.350. The van der Waals surface area contributed by atoms with Gasteiger partial charge in [0.1, 0.15) is 5.69 Å². The normalized spacial score (nSPS) is 13.5. The van der Waals surface area contributed by atoms with E-state index in [4.69, 9.17) is 5.73 Å². The molecule has 0 bridgehead atoms. The fraction of sp³-hybridized carbons (Fsp3) is 0.214.